The highest BCUT2D eigenvalue weighted by molar-refractivity contribution is 6.43. The first-order valence-corrected chi connectivity index (χ1v) is 11.2. The van der Waals surface area contributed by atoms with Gasteiger partial charge in [-0.25, -0.2) is 0 Å². The van der Waals surface area contributed by atoms with Crippen molar-refractivity contribution in [3.05, 3.63) is 98.8 Å². The van der Waals surface area contributed by atoms with E-state index in [2.05, 4.69) is 10.00 Å². The SMILES string of the molecule is COc1ccc(CN(C)c2ccc(-c3nn(-c4ccccc4)c(=O)c(Cl)c3Cl)cc2)cc1OC. The summed E-state index contributed by atoms with van der Waals surface area (Å²) >= 11 is 12.7. The maximum Gasteiger partial charge on any atom is 0.291 e. The second kappa shape index (κ2) is 10.2. The fourth-order valence-corrected chi connectivity index (χ4v) is 4.02. The van der Waals surface area contributed by atoms with E-state index in [1.54, 1.807) is 26.4 Å². The Morgan fingerprint density at radius 2 is 1.56 bits per heavy atom. The van der Waals surface area contributed by atoms with Gasteiger partial charge in [0.25, 0.3) is 5.56 Å². The van der Waals surface area contributed by atoms with E-state index in [0.29, 0.717) is 29.4 Å². The zero-order valence-electron chi connectivity index (χ0n) is 19.0. The van der Waals surface area contributed by atoms with Crippen LogP contribution >= 0.6 is 23.2 Å². The van der Waals surface area contributed by atoms with Gasteiger partial charge in [0, 0.05) is 24.8 Å². The predicted molar refractivity (Wildman–Crippen MR) is 137 cm³/mol. The maximum absolute atomic E-state index is 12.6. The van der Waals surface area contributed by atoms with Crippen molar-refractivity contribution < 1.29 is 9.47 Å². The summed E-state index contributed by atoms with van der Waals surface area (Å²) in [5.74, 6) is 1.38. The van der Waals surface area contributed by atoms with E-state index in [1.807, 2.05) is 67.7 Å². The molecule has 4 aromatic rings. The number of aromatic nitrogens is 2. The van der Waals surface area contributed by atoms with E-state index in [-0.39, 0.29) is 10.0 Å². The van der Waals surface area contributed by atoms with E-state index in [1.165, 1.54) is 4.68 Å². The van der Waals surface area contributed by atoms with E-state index in [0.717, 1.165) is 16.8 Å². The number of hydrogen-bond acceptors (Lipinski definition) is 5. The first kappa shape index (κ1) is 23.7. The van der Waals surface area contributed by atoms with E-state index >= 15 is 0 Å². The van der Waals surface area contributed by atoms with Gasteiger partial charge < -0.3 is 14.4 Å². The van der Waals surface area contributed by atoms with Crippen LogP contribution in [0.4, 0.5) is 5.69 Å². The third-order valence-corrected chi connectivity index (χ3v) is 6.25. The summed E-state index contributed by atoms with van der Waals surface area (Å²) in [5, 5.41) is 4.56. The Balaban J connectivity index is 1.62. The standard InChI is InChI=1S/C26H23Cl2N3O3/c1-30(16-17-9-14-21(33-2)22(15-17)34-3)19-12-10-18(11-13-19)25-23(27)24(28)26(32)31(29-25)20-7-5-4-6-8-20/h4-15H,16H2,1-3H3. The highest BCUT2D eigenvalue weighted by atomic mass is 35.5. The third kappa shape index (κ3) is 4.74. The van der Waals surface area contributed by atoms with Gasteiger partial charge in [0.1, 0.15) is 10.7 Å². The molecule has 0 atom stereocenters. The molecule has 0 saturated carbocycles. The van der Waals surface area contributed by atoms with Crippen LogP contribution in [0.15, 0.2) is 77.6 Å². The minimum Gasteiger partial charge on any atom is -0.493 e. The smallest absolute Gasteiger partial charge is 0.291 e. The second-order valence-corrected chi connectivity index (χ2v) is 8.38. The van der Waals surface area contributed by atoms with E-state index < -0.39 is 5.56 Å². The van der Waals surface area contributed by atoms with Crippen LogP contribution in [0, 0.1) is 0 Å². The lowest BCUT2D eigenvalue weighted by Crippen LogP contribution is -2.22. The van der Waals surface area contributed by atoms with Gasteiger partial charge in [-0.3, -0.25) is 4.79 Å². The molecule has 1 heterocycles. The van der Waals surface area contributed by atoms with E-state index in [4.69, 9.17) is 32.7 Å². The molecule has 0 saturated heterocycles. The Bertz CT molecular complexity index is 1360. The summed E-state index contributed by atoms with van der Waals surface area (Å²) in [6.07, 6.45) is 0. The molecule has 0 unspecified atom stereocenters. The molecule has 0 spiro atoms. The molecule has 8 heteroatoms. The molecule has 0 aliphatic rings. The Morgan fingerprint density at radius 3 is 2.21 bits per heavy atom. The minimum absolute atomic E-state index is 0.0647. The Kier molecular flexibility index (Phi) is 7.10. The van der Waals surface area contributed by atoms with Crippen molar-refractivity contribution in [3.63, 3.8) is 0 Å². The molecule has 0 N–H and O–H groups in total. The minimum atomic E-state index is -0.465. The molecular weight excluding hydrogens is 473 g/mol. The van der Waals surface area contributed by atoms with Crippen LogP contribution in [-0.4, -0.2) is 31.0 Å². The molecule has 4 rings (SSSR count). The topological polar surface area (TPSA) is 56.6 Å². The number of anilines is 1. The van der Waals surface area contributed by atoms with Crippen LogP contribution < -0.4 is 19.9 Å². The normalized spacial score (nSPS) is 10.7. The van der Waals surface area contributed by atoms with Crippen molar-refractivity contribution in [2.45, 2.75) is 6.54 Å². The van der Waals surface area contributed by atoms with Crippen LogP contribution in [0.2, 0.25) is 10.0 Å². The molecule has 0 radical (unpaired) electrons. The van der Waals surface area contributed by atoms with Gasteiger partial charge in [0.2, 0.25) is 0 Å². The van der Waals surface area contributed by atoms with Gasteiger partial charge >= 0.3 is 0 Å². The lowest BCUT2D eigenvalue weighted by Gasteiger charge is -2.20. The van der Waals surface area contributed by atoms with Crippen LogP contribution in [-0.2, 0) is 6.54 Å². The summed E-state index contributed by atoms with van der Waals surface area (Å²) < 4.78 is 12.0. The monoisotopic (exact) mass is 495 g/mol. The number of nitrogens with zero attached hydrogens (tertiary/aromatic N) is 3. The zero-order chi connectivity index (χ0) is 24.2. The Morgan fingerprint density at radius 1 is 0.882 bits per heavy atom. The molecule has 1 aromatic heterocycles. The fourth-order valence-electron chi connectivity index (χ4n) is 3.63. The molecule has 0 fully saturated rings. The average Bonchev–Trinajstić information content (AvgIpc) is 2.88. The third-order valence-electron chi connectivity index (χ3n) is 5.43. The van der Waals surface area contributed by atoms with Crippen LogP contribution in [0.5, 0.6) is 11.5 Å². The number of hydrogen-bond donors (Lipinski definition) is 0. The number of methoxy groups -OCH3 is 2. The van der Waals surface area contributed by atoms with Crippen molar-refractivity contribution in [2.75, 3.05) is 26.2 Å². The molecule has 6 nitrogen and oxygen atoms in total. The molecule has 0 aliphatic carbocycles. The molecule has 3 aromatic carbocycles. The second-order valence-electron chi connectivity index (χ2n) is 7.62. The predicted octanol–water partition coefficient (Wildman–Crippen LogP) is 5.86. The number of rotatable bonds is 7. The first-order valence-electron chi connectivity index (χ1n) is 10.5. The summed E-state index contributed by atoms with van der Waals surface area (Å²) in [4.78, 5) is 14.7. The summed E-state index contributed by atoms with van der Waals surface area (Å²) in [6.45, 7) is 0.670. The lowest BCUT2D eigenvalue weighted by atomic mass is 10.1. The lowest BCUT2D eigenvalue weighted by molar-refractivity contribution is 0.354. The molecule has 0 bridgehead atoms. The summed E-state index contributed by atoms with van der Waals surface area (Å²) in [6, 6.07) is 22.7. The van der Waals surface area contributed by atoms with Gasteiger partial charge in [-0.2, -0.15) is 9.78 Å². The quantitative estimate of drug-likeness (QED) is 0.321. The molecular formula is C26H23Cl2N3O3. The van der Waals surface area contributed by atoms with Crippen LogP contribution in [0.1, 0.15) is 5.56 Å². The van der Waals surface area contributed by atoms with Crippen molar-refractivity contribution in [1.29, 1.82) is 0 Å². The average molecular weight is 496 g/mol. The fraction of sp³-hybridized carbons (Fsp3) is 0.154. The van der Waals surface area contributed by atoms with Crippen molar-refractivity contribution >= 4 is 28.9 Å². The van der Waals surface area contributed by atoms with Crippen molar-refractivity contribution in [1.82, 2.24) is 9.78 Å². The summed E-state index contributed by atoms with van der Waals surface area (Å²) in [7, 11) is 5.24. The molecule has 174 valence electrons. The Hall–Kier alpha value is -3.48. The largest absolute Gasteiger partial charge is 0.493 e. The Labute approximate surface area is 207 Å². The van der Waals surface area contributed by atoms with Crippen LogP contribution in [0.25, 0.3) is 16.9 Å². The number of benzene rings is 3. The van der Waals surface area contributed by atoms with Crippen molar-refractivity contribution in [2.24, 2.45) is 0 Å². The van der Waals surface area contributed by atoms with Gasteiger partial charge in [-0.15, -0.1) is 0 Å². The first-order chi connectivity index (χ1) is 16.4. The van der Waals surface area contributed by atoms with E-state index in [9.17, 15) is 4.79 Å². The maximum atomic E-state index is 12.6. The number of halogens is 2. The molecule has 34 heavy (non-hydrogen) atoms. The van der Waals surface area contributed by atoms with Crippen LogP contribution in [0.3, 0.4) is 0 Å². The van der Waals surface area contributed by atoms with Gasteiger partial charge in [-0.1, -0.05) is 59.6 Å². The zero-order valence-corrected chi connectivity index (χ0v) is 20.5. The summed E-state index contributed by atoms with van der Waals surface area (Å²) in [5.41, 5.74) is 3.41. The highest BCUT2D eigenvalue weighted by Gasteiger charge is 2.17. The number of ether oxygens (including phenoxy) is 2. The molecule has 0 amide bonds. The van der Waals surface area contributed by atoms with Crippen molar-refractivity contribution in [3.8, 4) is 28.4 Å². The highest BCUT2D eigenvalue weighted by Crippen LogP contribution is 2.32. The van der Waals surface area contributed by atoms with Gasteiger partial charge in [-0.05, 0) is 42.0 Å². The molecule has 0 aliphatic heterocycles. The van der Waals surface area contributed by atoms with Gasteiger partial charge in [0.15, 0.2) is 11.5 Å². The van der Waals surface area contributed by atoms with Gasteiger partial charge in [0.05, 0.1) is 24.9 Å². The number of para-hydroxylation sites is 1.